The van der Waals surface area contributed by atoms with Crippen LogP contribution in [-0.4, -0.2) is 20.5 Å². The first-order chi connectivity index (χ1) is 11.0. The van der Waals surface area contributed by atoms with Gasteiger partial charge in [-0.3, -0.25) is 0 Å². The Labute approximate surface area is 135 Å². The van der Waals surface area contributed by atoms with E-state index in [4.69, 9.17) is 0 Å². The van der Waals surface area contributed by atoms with E-state index in [1.54, 1.807) is 0 Å². The highest BCUT2D eigenvalue weighted by Gasteiger charge is 2.69. The van der Waals surface area contributed by atoms with Crippen LogP contribution in [-0.2, 0) is 9.84 Å². The van der Waals surface area contributed by atoms with Gasteiger partial charge in [0.1, 0.15) is 0 Å². The molecular formula is C15H15F6O2S. The first-order valence-corrected chi connectivity index (χ1v) is 8.79. The van der Waals surface area contributed by atoms with Gasteiger partial charge >= 0.3 is 17.6 Å². The molecule has 1 aromatic carbocycles. The highest BCUT2D eigenvalue weighted by atomic mass is 32.2. The smallest absolute Gasteiger partial charge is 0.220 e. The van der Waals surface area contributed by atoms with E-state index in [-0.39, 0.29) is 11.5 Å². The molecule has 1 saturated carbocycles. The minimum absolute atomic E-state index is 0.0883. The highest BCUT2D eigenvalue weighted by Crippen LogP contribution is 2.48. The predicted molar refractivity (Wildman–Crippen MR) is 74.8 cm³/mol. The molecule has 0 aromatic heterocycles. The molecule has 0 N–H and O–H groups in total. The van der Waals surface area contributed by atoms with E-state index in [0.717, 1.165) is 31.4 Å². The molecule has 0 unspecified atom stereocenters. The van der Waals surface area contributed by atoms with Crippen molar-refractivity contribution in [1.29, 1.82) is 0 Å². The first kappa shape index (κ1) is 19.1. The number of alkyl halides is 5. The van der Waals surface area contributed by atoms with Gasteiger partial charge in [-0.2, -0.15) is 22.0 Å². The minimum atomic E-state index is -6.33. The van der Waals surface area contributed by atoms with Gasteiger partial charge in [0.15, 0.2) is 0 Å². The van der Waals surface area contributed by atoms with Gasteiger partial charge in [-0.15, -0.1) is 0 Å². The van der Waals surface area contributed by atoms with E-state index in [1.165, 1.54) is 12.1 Å². The summed E-state index contributed by atoms with van der Waals surface area (Å²) in [5, 5.41) is 0. The van der Waals surface area contributed by atoms with E-state index >= 15 is 0 Å². The molecule has 2 nitrogen and oxygen atoms in total. The van der Waals surface area contributed by atoms with Crippen LogP contribution in [0.5, 0.6) is 0 Å². The Morgan fingerprint density at radius 1 is 0.958 bits per heavy atom. The van der Waals surface area contributed by atoms with Crippen molar-refractivity contribution in [3.63, 3.8) is 0 Å². The standard InChI is InChI=1S/C15H15F6O2S/c16-13(14(17,18)15(19,20)21)24(22,23)12-9-5-4-8-11(12)10-6-2-1-3-7-10/h4-5,8-10H,1-3,6-7H2. The summed E-state index contributed by atoms with van der Waals surface area (Å²) in [5.74, 6) is -6.37. The first-order valence-electron chi connectivity index (χ1n) is 7.31. The molecule has 0 spiro atoms. The van der Waals surface area contributed by atoms with Crippen LogP contribution < -0.4 is 0 Å². The summed E-state index contributed by atoms with van der Waals surface area (Å²) in [6.45, 7) is 0. The average molecular weight is 373 g/mol. The van der Waals surface area contributed by atoms with Crippen LogP contribution in [0, 0.1) is 5.50 Å². The zero-order valence-corrected chi connectivity index (χ0v) is 13.2. The van der Waals surface area contributed by atoms with Crippen LogP contribution >= 0.6 is 0 Å². The molecule has 0 aliphatic heterocycles. The average Bonchev–Trinajstić information content (AvgIpc) is 2.54. The summed E-state index contributed by atoms with van der Waals surface area (Å²) in [4.78, 5) is -0.821. The van der Waals surface area contributed by atoms with E-state index in [0.29, 0.717) is 12.8 Å². The third-order valence-corrected chi connectivity index (χ3v) is 5.77. The molecule has 1 fully saturated rings. The van der Waals surface area contributed by atoms with E-state index in [2.05, 4.69) is 0 Å². The lowest BCUT2D eigenvalue weighted by Crippen LogP contribution is -2.43. The van der Waals surface area contributed by atoms with Crippen molar-refractivity contribution in [2.45, 2.75) is 55.0 Å². The Bertz CT molecular complexity index is 677. The van der Waals surface area contributed by atoms with E-state index in [1.807, 2.05) is 0 Å². The summed E-state index contributed by atoms with van der Waals surface area (Å²) in [5.41, 5.74) is -3.30. The number of hydrogen-bond donors (Lipinski definition) is 0. The van der Waals surface area contributed by atoms with Gasteiger partial charge in [0.25, 0.3) is 0 Å². The Hall–Kier alpha value is -1.25. The highest BCUT2D eigenvalue weighted by molar-refractivity contribution is 7.94. The van der Waals surface area contributed by atoms with Crippen LogP contribution in [0.2, 0.25) is 0 Å². The summed E-state index contributed by atoms with van der Waals surface area (Å²) >= 11 is 0. The monoisotopic (exact) mass is 373 g/mol. The van der Waals surface area contributed by atoms with Crippen molar-refractivity contribution in [1.82, 2.24) is 0 Å². The minimum Gasteiger partial charge on any atom is -0.220 e. The van der Waals surface area contributed by atoms with Crippen molar-refractivity contribution >= 4 is 9.84 Å². The topological polar surface area (TPSA) is 34.1 Å². The van der Waals surface area contributed by atoms with Crippen molar-refractivity contribution in [3.8, 4) is 0 Å². The van der Waals surface area contributed by atoms with Crippen molar-refractivity contribution < 1.29 is 34.8 Å². The fourth-order valence-electron chi connectivity index (χ4n) is 2.85. The Balaban J connectivity index is 2.47. The van der Waals surface area contributed by atoms with Gasteiger partial charge in [0, 0.05) is 0 Å². The van der Waals surface area contributed by atoms with Crippen LogP contribution in [0.1, 0.15) is 43.6 Å². The zero-order valence-electron chi connectivity index (χ0n) is 12.4. The number of sulfone groups is 1. The van der Waals surface area contributed by atoms with Crippen molar-refractivity contribution in [3.05, 3.63) is 35.3 Å². The van der Waals surface area contributed by atoms with Crippen molar-refractivity contribution in [2.75, 3.05) is 0 Å². The largest absolute Gasteiger partial charge is 0.458 e. The van der Waals surface area contributed by atoms with Gasteiger partial charge in [0.05, 0.1) is 4.90 Å². The number of benzene rings is 1. The summed E-state index contributed by atoms with van der Waals surface area (Å²) in [6, 6.07) is 4.81. The van der Waals surface area contributed by atoms with Gasteiger partial charge in [-0.25, -0.2) is 12.8 Å². The Kier molecular flexibility index (Phi) is 5.22. The number of halogens is 6. The van der Waals surface area contributed by atoms with Crippen molar-refractivity contribution in [2.24, 2.45) is 0 Å². The molecule has 0 saturated heterocycles. The maximum absolute atomic E-state index is 13.7. The van der Waals surface area contributed by atoms with Gasteiger partial charge in [-0.05, 0) is 30.4 Å². The number of rotatable bonds is 4. The molecule has 135 valence electrons. The maximum atomic E-state index is 13.7. The summed E-state index contributed by atoms with van der Waals surface area (Å²) in [7, 11) is -5.58. The molecule has 24 heavy (non-hydrogen) atoms. The third kappa shape index (κ3) is 3.41. The van der Waals surface area contributed by atoms with E-state index in [9.17, 15) is 34.8 Å². The zero-order chi connectivity index (χ0) is 18.2. The van der Waals surface area contributed by atoms with Crippen LogP contribution in [0.3, 0.4) is 0 Å². The van der Waals surface area contributed by atoms with Crippen LogP contribution in [0.25, 0.3) is 0 Å². The molecule has 0 heterocycles. The third-order valence-electron chi connectivity index (χ3n) is 4.09. The molecule has 1 radical (unpaired) electrons. The Morgan fingerprint density at radius 2 is 1.50 bits per heavy atom. The molecular weight excluding hydrogens is 358 g/mol. The van der Waals surface area contributed by atoms with E-state index < -0.39 is 32.3 Å². The normalized spacial score (nSPS) is 18.1. The second-order valence-electron chi connectivity index (χ2n) is 5.72. The molecule has 0 atom stereocenters. The summed E-state index contributed by atoms with van der Waals surface area (Å²) in [6.07, 6.45) is -2.69. The van der Waals surface area contributed by atoms with Gasteiger partial charge in [-0.1, -0.05) is 37.5 Å². The molecule has 2 rings (SSSR count). The molecule has 1 aromatic rings. The lowest BCUT2D eigenvalue weighted by atomic mass is 9.84. The quantitative estimate of drug-likeness (QED) is 0.683. The molecule has 0 amide bonds. The maximum Gasteiger partial charge on any atom is 0.458 e. The van der Waals surface area contributed by atoms with Crippen LogP contribution in [0.15, 0.2) is 29.2 Å². The second kappa shape index (κ2) is 6.57. The number of hydrogen-bond acceptors (Lipinski definition) is 2. The molecule has 9 heteroatoms. The summed E-state index contributed by atoms with van der Waals surface area (Å²) < 4.78 is 101. The molecule has 1 aliphatic carbocycles. The predicted octanol–water partition coefficient (Wildman–Crippen LogP) is 5.16. The fraction of sp³-hybridized carbons (Fsp3) is 0.533. The second-order valence-corrected chi connectivity index (χ2v) is 7.53. The van der Waals surface area contributed by atoms with Gasteiger partial charge < -0.3 is 0 Å². The van der Waals surface area contributed by atoms with Gasteiger partial charge in [0.2, 0.25) is 9.84 Å². The Morgan fingerprint density at radius 3 is 2.04 bits per heavy atom. The molecule has 0 bridgehead atoms. The lowest BCUT2D eigenvalue weighted by molar-refractivity contribution is -0.276. The SMILES string of the molecule is O=S(=O)([C](F)C(F)(F)C(F)(F)F)c1ccccc1C1CCCCC1. The fourth-order valence-corrected chi connectivity index (χ4v) is 4.30. The lowest BCUT2D eigenvalue weighted by Gasteiger charge is -2.26. The van der Waals surface area contributed by atoms with Crippen LogP contribution in [0.4, 0.5) is 26.3 Å². The molecule has 1 aliphatic rings.